The first-order valence-electron chi connectivity index (χ1n) is 10.2. The van der Waals surface area contributed by atoms with Crippen LogP contribution < -0.4 is 5.63 Å². The Morgan fingerprint density at radius 3 is 2.66 bits per heavy atom. The lowest BCUT2D eigenvalue weighted by Crippen LogP contribution is -2.19. The molecular weight excluding hydrogens is 406 g/mol. The minimum absolute atomic E-state index is 0.292. The summed E-state index contributed by atoms with van der Waals surface area (Å²) in [7, 11) is 3.81. The maximum atomic E-state index is 12.7. The Morgan fingerprint density at radius 1 is 1.12 bits per heavy atom. The van der Waals surface area contributed by atoms with Crippen LogP contribution in [0.2, 0.25) is 0 Å². The van der Waals surface area contributed by atoms with Gasteiger partial charge >= 0.3 is 11.6 Å². The Kier molecular flexibility index (Phi) is 6.28. The van der Waals surface area contributed by atoms with Crippen LogP contribution in [-0.2, 0) is 9.53 Å². The fraction of sp³-hybridized carbons (Fsp3) is 0.160. The summed E-state index contributed by atoms with van der Waals surface area (Å²) in [5, 5.41) is 5.41. The van der Waals surface area contributed by atoms with Crippen LogP contribution in [0.1, 0.15) is 5.56 Å². The molecule has 162 valence electrons. The van der Waals surface area contributed by atoms with E-state index in [0.717, 1.165) is 11.1 Å². The van der Waals surface area contributed by atoms with Crippen molar-refractivity contribution in [2.24, 2.45) is 0 Å². The predicted molar refractivity (Wildman–Crippen MR) is 124 cm³/mol. The quantitative estimate of drug-likeness (QED) is 0.253. The third-order valence-electron chi connectivity index (χ3n) is 4.84. The van der Waals surface area contributed by atoms with Crippen molar-refractivity contribution >= 4 is 23.0 Å². The fourth-order valence-corrected chi connectivity index (χ4v) is 3.19. The van der Waals surface area contributed by atoms with Crippen molar-refractivity contribution in [1.29, 1.82) is 0 Å². The number of ether oxygens (including phenoxy) is 1. The highest BCUT2D eigenvalue weighted by Crippen LogP contribution is 2.25. The van der Waals surface area contributed by atoms with Gasteiger partial charge in [0, 0.05) is 29.8 Å². The highest BCUT2D eigenvalue weighted by Gasteiger charge is 2.16. The summed E-state index contributed by atoms with van der Waals surface area (Å²) in [5.41, 5.74) is 2.17. The van der Waals surface area contributed by atoms with Crippen LogP contribution in [0.4, 0.5) is 0 Å². The molecule has 0 aliphatic rings. The number of carbonyl (C=O) groups is 1. The van der Waals surface area contributed by atoms with Gasteiger partial charge in [-0.2, -0.15) is 5.10 Å². The lowest BCUT2D eigenvalue weighted by molar-refractivity contribution is -0.137. The molecule has 0 radical (unpaired) electrons. The van der Waals surface area contributed by atoms with Gasteiger partial charge in [0.25, 0.3) is 0 Å². The van der Waals surface area contributed by atoms with Gasteiger partial charge in [0.05, 0.1) is 11.3 Å². The second-order valence-corrected chi connectivity index (χ2v) is 7.50. The van der Waals surface area contributed by atoms with E-state index in [1.54, 1.807) is 29.1 Å². The monoisotopic (exact) mass is 429 g/mol. The summed E-state index contributed by atoms with van der Waals surface area (Å²) in [5.74, 6) is -0.462. The number of hydrogen-bond donors (Lipinski definition) is 0. The first-order chi connectivity index (χ1) is 15.5. The summed E-state index contributed by atoms with van der Waals surface area (Å²) in [6.07, 6.45) is 4.71. The van der Waals surface area contributed by atoms with Gasteiger partial charge in [-0.3, -0.25) is 0 Å². The molecule has 0 fully saturated rings. The summed E-state index contributed by atoms with van der Waals surface area (Å²) < 4.78 is 12.4. The number of hydrogen-bond acceptors (Lipinski definition) is 6. The van der Waals surface area contributed by atoms with Crippen molar-refractivity contribution in [3.63, 3.8) is 0 Å². The normalized spacial score (nSPS) is 11.5. The molecule has 0 N–H and O–H groups in total. The Balaban J connectivity index is 1.73. The summed E-state index contributed by atoms with van der Waals surface area (Å²) in [6.45, 7) is 0.926. The first kappa shape index (κ1) is 21.3. The van der Waals surface area contributed by atoms with E-state index < -0.39 is 11.6 Å². The van der Waals surface area contributed by atoms with E-state index in [1.165, 1.54) is 6.08 Å². The molecule has 0 aliphatic heterocycles. The standard InChI is InChI=1S/C25H23N3O4/c1-27(2)14-15-31-23(29)13-12-19-17-28(20-9-4-3-5-10-20)26-24(19)21-16-18-8-6-7-11-22(18)32-25(21)30/h3-13,16-17H,14-15H2,1-2H3. The molecule has 4 rings (SSSR count). The second kappa shape index (κ2) is 9.45. The van der Waals surface area contributed by atoms with Crippen LogP contribution in [0.15, 0.2) is 82.1 Å². The fourth-order valence-electron chi connectivity index (χ4n) is 3.19. The molecule has 0 aliphatic carbocycles. The minimum Gasteiger partial charge on any atom is -0.461 e. The maximum Gasteiger partial charge on any atom is 0.345 e. The molecule has 0 saturated carbocycles. The third-order valence-corrected chi connectivity index (χ3v) is 4.84. The molecule has 2 heterocycles. The van der Waals surface area contributed by atoms with Crippen molar-refractivity contribution in [2.75, 3.05) is 27.2 Å². The highest BCUT2D eigenvalue weighted by molar-refractivity contribution is 5.89. The van der Waals surface area contributed by atoms with E-state index in [1.807, 2.05) is 67.5 Å². The van der Waals surface area contributed by atoms with Crippen molar-refractivity contribution in [1.82, 2.24) is 14.7 Å². The number of esters is 1. The largest absolute Gasteiger partial charge is 0.461 e. The van der Waals surface area contributed by atoms with Crippen LogP contribution in [0.5, 0.6) is 0 Å². The van der Waals surface area contributed by atoms with Gasteiger partial charge in [-0.05, 0) is 44.4 Å². The average molecular weight is 429 g/mol. The van der Waals surface area contributed by atoms with Crippen LogP contribution in [0.3, 0.4) is 0 Å². The molecule has 32 heavy (non-hydrogen) atoms. The Bertz CT molecular complexity index is 1320. The van der Waals surface area contributed by atoms with Gasteiger partial charge < -0.3 is 14.1 Å². The number of rotatable bonds is 7. The summed E-state index contributed by atoms with van der Waals surface area (Å²) in [4.78, 5) is 26.8. The smallest absolute Gasteiger partial charge is 0.345 e. The average Bonchev–Trinajstić information content (AvgIpc) is 3.21. The first-order valence-corrected chi connectivity index (χ1v) is 10.2. The molecule has 4 aromatic rings. The zero-order valence-corrected chi connectivity index (χ0v) is 17.9. The number of para-hydroxylation sites is 2. The molecule has 0 atom stereocenters. The van der Waals surface area contributed by atoms with Crippen LogP contribution in [0.25, 0.3) is 34.0 Å². The van der Waals surface area contributed by atoms with E-state index in [9.17, 15) is 9.59 Å². The highest BCUT2D eigenvalue weighted by atomic mass is 16.5. The van der Waals surface area contributed by atoms with E-state index in [4.69, 9.17) is 9.15 Å². The number of aromatic nitrogens is 2. The molecule has 0 bridgehead atoms. The SMILES string of the molecule is CN(C)CCOC(=O)C=Cc1cn(-c2ccccc2)nc1-c1cc2ccccc2oc1=O. The van der Waals surface area contributed by atoms with E-state index >= 15 is 0 Å². The molecule has 0 spiro atoms. The molecule has 0 unspecified atom stereocenters. The number of nitrogens with zero attached hydrogens (tertiary/aromatic N) is 3. The van der Waals surface area contributed by atoms with Gasteiger partial charge in [0.1, 0.15) is 17.9 Å². The molecule has 7 nitrogen and oxygen atoms in total. The van der Waals surface area contributed by atoms with Crippen molar-refractivity contribution < 1.29 is 13.9 Å². The Labute approximate surface area is 185 Å². The van der Waals surface area contributed by atoms with Gasteiger partial charge in [-0.1, -0.05) is 36.4 Å². The molecule has 0 amide bonds. The van der Waals surface area contributed by atoms with E-state index in [-0.39, 0.29) is 0 Å². The molecule has 0 saturated heterocycles. The van der Waals surface area contributed by atoms with Crippen molar-refractivity contribution in [2.45, 2.75) is 0 Å². The Morgan fingerprint density at radius 2 is 1.88 bits per heavy atom. The van der Waals surface area contributed by atoms with Crippen molar-refractivity contribution in [3.8, 4) is 16.9 Å². The van der Waals surface area contributed by atoms with E-state index in [0.29, 0.717) is 35.6 Å². The number of benzene rings is 2. The van der Waals surface area contributed by atoms with Crippen LogP contribution in [-0.4, -0.2) is 47.9 Å². The predicted octanol–water partition coefficient (Wildman–Crippen LogP) is 3.76. The van der Waals surface area contributed by atoms with Crippen LogP contribution in [0, 0.1) is 0 Å². The lowest BCUT2D eigenvalue weighted by Gasteiger charge is -2.08. The molecule has 7 heteroatoms. The topological polar surface area (TPSA) is 77.6 Å². The second-order valence-electron chi connectivity index (χ2n) is 7.50. The summed E-state index contributed by atoms with van der Waals surface area (Å²) >= 11 is 0. The summed E-state index contributed by atoms with van der Waals surface area (Å²) in [6, 6.07) is 18.6. The Hall–Kier alpha value is -3.97. The minimum atomic E-state index is -0.495. The zero-order chi connectivity index (χ0) is 22.5. The number of likely N-dealkylation sites (N-methyl/N-ethyl adjacent to an activating group) is 1. The lowest BCUT2D eigenvalue weighted by atomic mass is 10.1. The van der Waals surface area contributed by atoms with Gasteiger partial charge in [0.15, 0.2) is 0 Å². The van der Waals surface area contributed by atoms with Crippen LogP contribution >= 0.6 is 0 Å². The van der Waals surface area contributed by atoms with E-state index in [2.05, 4.69) is 5.10 Å². The maximum absolute atomic E-state index is 12.7. The van der Waals surface area contributed by atoms with Gasteiger partial charge in [-0.25, -0.2) is 14.3 Å². The number of fused-ring (bicyclic) bond motifs is 1. The van der Waals surface area contributed by atoms with Crippen molar-refractivity contribution in [3.05, 3.63) is 88.9 Å². The third kappa shape index (κ3) is 4.84. The molecular formula is C25H23N3O4. The van der Waals surface area contributed by atoms with Gasteiger partial charge in [0.2, 0.25) is 0 Å². The van der Waals surface area contributed by atoms with Gasteiger partial charge in [-0.15, -0.1) is 0 Å². The zero-order valence-electron chi connectivity index (χ0n) is 17.9. The number of carbonyl (C=O) groups excluding carboxylic acids is 1. The molecule has 2 aromatic carbocycles. The molecule has 2 aromatic heterocycles.